The number of hydrogen-bond acceptors (Lipinski definition) is 2. The van der Waals surface area contributed by atoms with E-state index in [9.17, 15) is 0 Å². The molecule has 3 heterocycles. The molecule has 5 aliphatic rings. The van der Waals surface area contributed by atoms with Gasteiger partial charge in [0.25, 0.3) is 0 Å². The van der Waals surface area contributed by atoms with E-state index < -0.39 is 0 Å². The van der Waals surface area contributed by atoms with Crippen molar-refractivity contribution in [3.8, 4) is 22.8 Å². The van der Waals surface area contributed by atoms with Crippen LogP contribution in [0.15, 0.2) is 42.6 Å². The zero-order valence-corrected chi connectivity index (χ0v) is 19.6. The van der Waals surface area contributed by atoms with E-state index in [4.69, 9.17) is 4.74 Å². The minimum atomic E-state index is 0.354. The average Bonchev–Trinajstić information content (AvgIpc) is 3.15. The van der Waals surface area contributed by atoms with Crippen molar-refractivity contribution in [3.05, 3.63) is 53.0 Å². The predicted octanol–water partition coefficient (Wildman–Crippen LogP) is 7.43. The standard InChI is InChI=1S/C29H28NOS/c1-16-21-6-4-3-5-20(21)12-22-24(16)26-25-23(7-8-30(26)2)32-28(27(25)31-22)29-13-17-9-18(14-29)11-19(10-17)15-29/h3-8,12,17-19H,9-11,13-15H2,1-2H3/q+1. The Bertz CT molecular complexity index is 1430. The minimum Gasteiger partial charge on any atom is -0.454 e. The summed E-state index contributed by atoms with van der Waals surface area (Å²) in [6.07, 6.45) is 10.8. The lowest BCUT2D eigenvalue weighted by atomic mass is 9.49. The highest BCUT2D eigenvalue weighted by Gasteiger charge is 2.54. The summed E-state index contributed by atoms with van der Waals surface area (Å²) in [5.74, 6) is 5.06. The van der Waals surface area contributed by atoms with Crippen LogP contribution in [0.3, 0.4) is 0 Å². The minimum absolute atomic E-state index is 0.354. The molecule has 32 heavy (non-hydrogen) atoms. The van der Waals surface area contributed by atoms with Crippen LogP contribution in [0, 0.1) is 24.7 Å². The number of benzene rings is 2. The Morgan fingerprint density at radius 3 is 2.47 bits per heavy atom. The third kappa shape index (κ3) is 2.18. The van der Waals surface area contributed by atoms with Crippen molar-refractivity contribution in [2.45, 2.75) is 50.9 Å². The van der Waals surface area contributed by atoms with Gasteiger partial charge >= 0.3 is 0 Å². The molecule has 1 aliphatic heterocycles. The summed E-state index contributed by atoms with van der Waals surface area (Å²) in [5, 5.41) is 3.96. The number of pyridine rings is 1. The van der Waals surface area contributed by atoms with Crippen molar-refractivity contribution in [3.63, 3.8) is 0 Å². The zero-order chi connectivity index (χ0) is 21.2. The van der Waals surface area contributed by atoms with E-state index >= 15 is 0 Å². The van der Waals surface area contributed by atoms with Crippen molar-refractivity contribution in [1.82, 2.24) is 0 Å². The summed E-state index contributed by atoms with van der Waals surface area (Å²) in [6.45, 7) is 2.26. The van der Waals surface area contributed by atoms with Gasteiger partial charge in [0, 0.05) is 11.5 Å². The SMILES string of the molecule is Cc1c2c(cc3ccccc13)Oc1c(C34CC5CC(CC(C5)C3)C4)sc3cc[n+](C)c-2c13. The van der Waals surface area contributed by atoms with E-state index in [1.54, 1.807) is 4.88 Å². The molecule has 4 aromatic rings. The first-order valence-electron chi connectivity index (χ1n) is 12.3. The lowest BCUT2D eigenvalue weighted by Crippen LogP contribution is -2.48. The van der Waals surface area contributed by atoms with Gasteiger partial charge in [0.05, 0.1) is 15.1 Å². The van der Waals surface area contributed by atoms with Crippen LogP contribution in [0.1, 0.15) is 49.0 Å². The summed E-state index contributed by atoms with van der Waals surface area (Å²) in [5.41, 5.74) is 4.30. The van der Waals surface area contributed by atoms with Crippen LogP contribution >= 0.6 is 11.3 Å². The van der Waals surface area contributed by atoms with Gasteiger partial charge in [-0.05, 0) is 85.6 Å². The molecule has 3 heteroatoms. The fraction of sp³-hybridized carbons (Fsp3) is 0.414. The molecular weight excluding hydrogens is 410 g/mol. The topological polar surface area (TPSA) is 13.1 Å². The molecule has 0 saturated heterocycles. The third-order valence-corrected chi connectivity index (χ3v) is 10.6. The number of ether oxygens (including phenoxy) is 1. The molecule has 9 rings (SSSR count). The van der Waals surface area contributed by atoms with Gasteiger partial charge in [0.15, 0.2) is 11.9 Å². The largest absolute Gasteiger partial charge is 0.454 e. The van der Waals surface area contributed by atoms with Gasteiger partial charge in [-0.2, -0.15) is 0 Å². The van der Waals surface area contributed by atoms with Crippen molar-refractivity contribution < 1.29 is 9.30 Å². The first kappa shape index (κ1) is 18.1. The van der Waals surface area contributed by atoms with E-state index in [1.807, 2.05) is 11.3 Å². The number of thiophene rings is 1. The highest BCUT2D eigenvalue weighted by atomic mass is 32.1. The summed E-state index contributed by atoms with van der Waals surface area (Å²) >= 11 is 2.04. The Labute approximate surface area is 192 Å². The molecule has 2 nitrogen and oxygen atoms in total. The highest BCUT2D eigenvalue weighted by Crippen LogP contribution is 2.65. The number of rotatable bonds is 1. The summed E-state index contributed by atoms with van der Waals surface area (Å²) < 4.78 is 10.7. The molecule has 160 valence electrons. The fourth-order valence-electron chi connectivity index (χ4n) is 8.32. The molecule has 2 aromatic heterocycles. The van der Waals surface area contributed by atoms with Gasteiger partial charge in [-0.3, -0.25) is 0 Å². The molecule has 4 saturated carbocycles. The number of aromatic nitrogens is 1. The highest BCUT2D eigenvalue weighted by molar-refractivity contribution is 7.19. The Morgan fingerprint density at radius 1 is 1.00 bits per heavy atom. The summed E-state index contributed by atoms with van der Waals surface area (Å²) in [7, 11) is 2.20. The van der Waals surface area contributed by atoms with Crippen LogP contribution in [-0.2, 0) is 12.5 Å². The molecule has 0 amide bonds. The first-order valence-corrected chi connectivity index (χ1v) is 13.1. The van der Waals surface area contributed by atoms with E-state index in [2.05, 4.69) is 61.1 Å². The van der Waals surface area contributed by atoms with Crippen molar-refractivity contribution in [1.29, 1.82) is 0 Å². The predicted molar refractivity (Wildman–Crippen MR) is 131 cm³/mol. The quantitative estimate of drug-likeness (QED) is 0.248. The van der Waals surface area contributed by atoms with Crippen molar-refractivity contribution >= 4 is 32.2 Å². The summed E-state index contributed by atoms with van der Waals surface area (Å²) in [6, 6.07) is 13.3. The van der Waals surface area contributed by atoms with Crippen LogP contribution in [0.2, 0.25) is 0 Å². The third-order valence-electron chi connectivity index (χ3n) is 9.17. The second-order valence-electron chi connectivity index (χ2n) is 11.2. The maximum atomic E-state index is 6.95. The summed E-state index contributed by atoms with van der Waals surface area (Å²) in [4.78, 5) is 1.57. The Morgan fingerprint density at radius 2 is 1.72 bits per heavy atom. The van der Waals surface area contributed by atoms with Gasteiger partial charge in [-0.1, -0.05) is 24.3 Å². The number of nitrogens with zero attached hydrogens (tertiary/aromatic N) is 1. The van der Waals surface area contributed by atoms with Crippen LogP contribution in [-0.4, -0.2) is 0 Å². The lowest BCUT2D eigenvalue weighted by molar-refractivity contribution is -0.659. The van der Waals surface area contributed by atoms with Gasteiger partial charge in [-0.25, -0.2) is 4.57 Å². The first-order chi connectivity index (χ1) is 15.6. The van der Waals surface area contributed by atoms with E-state index in [0.29, 0.717) is 5.41 Å². The number of fused-ring (bicyclic) bond motifs is 3. The maximum Gasteiger partial charge on any atom is 0.228 e. The molecule has 2 aromatic carbocycles. The van der Waals surface area contributed by atoms with E-state index in [1.165, 1.54) is 82.0 Å². The molecule has 4 fully saturated rings. The molecule has 4 aliphatic carbocycles. The van der Waals surface area contributed by atoms with Gasteiger partial charge in [0.1, 0.15) is 18.2 Å². The maximum absolute atomic E-state index is 6.95. The second kappa shape index (κ2) is 5.94. The average molecular weight is 439 g/mol. The molecular formula is C29H28NOS+. The number of hydrogen-bond donors (Lipinski definition) is 0. The van der Waals surface area contributed by atoms with Gasteiger partial charge < -0.3 is 4.74 Å². The van der Waals surface area contributed by atoms with Crippen LogP contribution in [0.5, 0.6) is 11.5 Å². The van der Waals surface area contributed by atoms with Crippen LogP contribution in [0.4, 0.5) is 0 Å². The molecule has 0 unspecified atom stereocenters. The molecule has 0 N–H and O–H groups in total. The Hall–Kier alpha value is -2.39. The molecule has 0 radical (unpaired) electrons. The second-order valence-corrected chi connectivity index (χ2v) is 12.2. The lowest BCUT2D eigenvalue weighted by Gasteiger charge is -2.56. The normalized spacial score (nSPS) is 29.5. The molecule has 4 bridgehead atoms. The Balaban J connectivity index is 1.43. The van der Waals surface area contributed by atoms with E-state index in [-0.39, 0.29) is 0 Å². The van der Waals surface area contributed by atoms with Crippen molar-refractivity contribution in [2.24, 2.45) is 24.8 Å². The smallest absolute Gasteiger partial charge is 0.228 e. The van der Waals surface area contributed by atoms with Crippen LogP contribution < -0.4 is 9.30 Å². The van der Waals surface area contributed by atoms with Crippen molar-refractivity contribution in [2.75, 3.05) is 0 Å². The molecule has 0 atom stereocenters. The fourth-order valence-corrected chi connectivity index (χ4v) is 9.67. The number of aryl methyl sites for hydroxylation is 2. The van der Waals surface area contributed by atoms with Crippen LogP contribution in [0.25, 0.3) is 32.1 Å². The van der Waals surface area contributed by atoms with E-state index in [0.717, 1.165) is 23.5 Å². The Kier molecular flexibility index (Phi) is 3.35. The monoisotopic (exact) mass is 438 g/mol. The molecule has 0 spiro atoms. The zero-order valence-electron chi connectivity index (χ0n) is 18.8. The van der Waals surface area contributed by atoms with Gasteiger partial charge in [0.2, 0.25) is 5.69 Å². The van der Waals surface area contributed by atoms with Gasteiger partial charge in [-0.15, -0.1) is 11.3 Å².